The number of para-hydroxylation sites is 1. The summed E-state index contributed by atoms with van der Waals surface area (Å²) in [4.78, 5) is 13.3. The van der Waals surface area contributed by atoms with Crippen molar-refractivity contribution in [1.29, 1.82) is 0 Å². The molecule has 3 heteroatoms. The van der Waals surface area contributed by atoms with Crippen molar-refractivity contribution in [1.82, 2.24) is 0 Å². The molecule has 1 aliphatic rings. The fourth-order valence-corrected chi connectivity index (χ4v) is 2.77. The van der Waals surface area contributed by atoms with E-state index in [1.807, 2.05) is 12.1 Å². The van der Waals surface area contributed by atoms with Gasteiger partial charge in [-0.1, -0.05) is 18.2 Å². The van der Waals surface area contributed by atoms with Gasteiger partial charge in [-0.3, -0.25) is 4.79 Å². The van der Waals surface area contributed by atoms with Gasteiger partial charge in [-0.25, -0.2) is 0 Å². The van der Waals surface area contributed by atoms with Crippen molar-refractivity contribution in [3.05, 3.63) is 59.2 Å². The largest absolute Gasteiger partial charge is 0.496 e. The number of carbonyl (C=O) groups is 1. The molecule has 1 heterocycles. The molecule has 0 fully saturated rings. The van der Waals surface area contributed by atoms with Gasteiger partial charge in [0.2, 0.25) is 0 Å². The van der Waals surface area contributed by atoms with Gasteiger partial charge in [0.25, 0.3) is 0 Å². The van der Waals surface area contributed by atoms with Crippen LogP contribution >= 0.6 is 0 Å². The van der Waals surface area contributed by atoms with Crippen LogP contribution in [0.5, 0.6) is 5.75 Å². The fraction of sp³-hybridized carbons (Fsp3) is 0.235. The molecular weight excluding hydrogens is 250 g/mol. The maximum absolute atomic E-state index is 10.9. The molecule has 0 radical (unpaired) electrons. The van der Waals surface area contributed by atoms with E-state index in [0.717, 1.165) is 37.1 Å². The van der Waals surface area contributed by atoms with Gasteiger partial charge in [0, 0.05) is 29.9 Å². The van der Waals surface area contributed by atoms with E-state index in [1.54, 1.807) is 13.2 Å². The third kappa shape index (κ3) is 2.27. The van der Waals surface area contributed by atoms with Crippen molar-refractivity contribution in [3.8, 4) is 5.75 Å². The molecule has 2 aromatic carbocycles. The molecule has 102 valence electrons. The molecule has 3 rings (SSSR count). The van der Waals surface area contributed by atoms with E-state index in [0.29, 0.717) is 5.56 Å². The summed E-state index contributed by atoms with van der Waals surface area (Å²) in [5.41, 5.74) is 4.41. The second-order valence-electron chi connectivity index (χ2n) is 4.99. The van der Waals surface area contributed by atoms with Gasteiger partial charge >= 0.3 is 0 Å². The molecule has 0 spiro atoms. The number of benzene rings is 2. The van der Waals surface area contributed by atoms with Gasteiger partial charge in [0.15, 0.2) is 0 Å². The zero-order chi connectivity index (χ0) is 13.9. The second-order valence-corrected chi connectivity index (χ2v) is 4.99. The molecule has 0 atom stereocenters. The Kier molecular flexibility index (Phi) is 3.42. The van der Waals surface area contributed by atoms with Gasteiger partial charge in [0.05, 0.1) is 7.11 Å². The third-order valence-corrected chi connectivity index (χ3v) is 3.79. The van der Waals surface area contributed by atoms with E-state index in [2.05, 4.69) is 29.2 Å². The highest BCUT2D eigenvalue weighted by Crippen LogP contribution is 2.31. The van der Waals surface area contributed by atoms with Crippen molar-refractivity contribution in [2.45, 2.75) is 13.0 Å². The monoisotopic (exact) mass is 267 g/mol. The second kappa shape index (κ2) is 5.37. The first-order valence-electron chi connectivity index (χ1n) is 6.77. The van der Waals surface area contributed by atoms with Crippen molar-refractivity contribution < 1.29 is 9.53 Å². The number of anilines is 1. The number of fused-ring (bicyclic) bond motifs is 1. The van der Waals surface area contributed by atoms with Crippen LogP contribution in [0.15, 0.2) is 42.5 Å². The molecule has 0 bridgehead atoms. The van der Waals surface area contributed by atoms with Crippen LogP contribution in [0.25, 0.3) is 0 Å². The third-order valence-electron chi connectivity index (χ3n) is 3.79. The molecule has 0 aliphatic carbocycles. The van der Waals surface area contributed by atoms with Gasteiger partial charge < -0.3 is 9.64 Å². The van der Waals surface area contributed by atoms with Crippen LogP contribution in [-0.4, -0.2) is 19.9 Å². The normalized spacial score (nSPS) is 13.2. The summed E-state index contributed by atoms with van der Waals surface area (Å²) < 4.78 is 5.40. The summed E-state index contributed by atoms with van der Waals surface area (Å²) in [5, 5.41) is 0. The summed E-state index contributed by atoms with van der Waals surface area (Å²) in [5.74, 6) is 0.833. The zero-order valence-electron chi connectivity index (χ0n) is 11.5. The van der Waals surface area contributed by atoms with Crippen LogP contribution in [0.3, 0.4) is 0 Å². The lowest BCUT2D eigenvalue weighted by Crippen LogP contribution is -2.20. The van der Waals surface area contributed by atoms with E-state index in [-0.39, 0.29) is 0 Å². The van der Waals surface area contributed by atoms with Crippen molar-refractivity contribution in [3.63, 3.8) is 0 Å². The maximum Gasteiger partial charge on any atom is 0.150 e. The Morgan fingerprint density at radius 2 is 2.10 bits per heavy atom. The average Bonchev–Trinajstić information content (AvgIpc) is 2.90. The summed E-state index contributed by atoms with van der Waals surface area (Å²) in [6, 6.07) is 14.0. The molecule has 20 heavy (non-hydrogen) atoms. The molecule has 0 amide bonds. The fourth-order valence-electron chi connectivity index (χ4n) is 2.77. The minimum absolute atomic E-state index is 0.688. The SMILES string of the molecule is COc1ccc(C=O)cc1CN1CCc2ccccc21. The number of rotatable bonds is 4. The summed E-state index contributed by atoms with van der Waals surface area (Å²) >= 11 is 0. The number of hydrogen-bond acceptors (Lipinski definition) is 3. The Labute approximate surface area is 118 Å². The van der Waals surface area contributed by atoms with Crippen LogP contribution in [0.1, 0.15) is 21.5 Å². The number of nitrogens with zero attached hydrogens (tertiary/aromatic N) is 1. The van der Waals surface area contributed by atoms with Gasteiger partial charge in [-0.15, -0.1) is 0 Å². The summed E-state index contributed by atoms with van der Waals surface area (Å²) in [7, 11) is 1.66. The maximum atomic E-state index is 10.9. The predicted octanol–water partition coefficient (Wildman–Crippen LogP) is 3.07. The summed E-state index contributed by atoms with van der Waals surface area (Å²) in [6.07, 6.45) is 1.95. The predicted molar refractivity (Wildman–Crippen MR) is 79.6 cm³/mol. The minimum Gasteiger partial charge on any atom is -0.496 e. The molecule has 0 unspecified atom stereocenters. The van der Waals surface area contributed by atoms with Crippen molar-refractivity contribution >= 4 is 12.0 Å². The van der Waals surface area contributed by atoms with Crippen LogP contribution in [0, 0.1) is 0 Å². The molecule has 0 saturated heterocycles. The molecule has 2 aromatic rings. The highest BCUT2D eigenvalue weighted by Gasteiger charge is 2.19. The standard InChI is InChI=1S/C17H17NO2/c1-20-17-7-6-13(12-19)10-15(17)11-18-9-8-14-4-2-3-5-16(14)18/h2-7,10,12H,8-9,11H2,1H3. The number of ether oxygens (including phenoxy) is 1. The Hall–Kier alpha value is -2.29. The van der Waals surface area contributed by atoms with Crippen LogP contribution in [0.2, 0.25) is 0 Å². The average molecular weight is 267 g/mol. The molecule has 0 saturated carbocycles. The van der Waals surface area contributed by atoms with Crippen LogP contribution in [0.4, 0.5) is 5.69 Å². The Morgan fingerprint density at radius 3 is 2.90 bits per heavy atom. The number of aldehydes is 1. The number of methoxy groups -OCH3 is 1. The van der Waals surface area contributed by atoms with Crippen LogP contribution in [-0.2, 0) is 13.0 Å². The summed E-state index contributed by atoms with van der Waals surface area (Å²) in [6.45, 7) is 1.77. The highest BCUT2D eigenvalue weighted by molar-refractivity contribution is 5.75. The van der Waals surface area contributed by atoms with Crippen LogP contribution < -0.4 is 9.64 Å². The van der Waals surface area contributed by atoms with Gasteiger partial charge in [-0.2, -0.15) is 0 Å². The van der Waals surface area contributed by atoms with E-state index < -0.39 is 0 Å². The quantitative estimate of drug-likeness (QED) is 0.797. The lowest BCUT2D eigenvalue weighted by molar-refractivity contribution is 0.112. The first-order chi connectivity index (χ1) is 9.81. The Bertz CT molecular complexity index is 637. The van der Waals surface area contributed by atoms with Crippen molar-refractivity contribution in [2.75, 3.05) is 18.6 Å². The Morgan fingerprint density at radius 1 is 1.25 bits per heavy atom. The first kappa shape index (κ1) is 12.7. The highest BCUT2D eigenvalue weighted by atomic mass is 16.5. The number of hydrogen-bond donors (Lipinski definition) is 0. The molecule has 0 aromatic heterocycles. The zero-order valence-corrected chi connectivity index (χ0v) is 11.5. The smallest absolute Gasteiger partial charge is 0.150 e. The van der Waals surface area contributed by atoms with E-state index in [9.17, 15) is 4.79 Å². The lowest BCUT2D eigenvalue weighted by Gasteiger charge is -2.21. The Balaban J connectivity index is 1.90. The number of carbonyl (C=O) groups excluding carboxylic acids is 1. The van der Waals surface area contributed by atoms with Gasteiger partial charge in [0.1, 0.15) is 12.0 Å². The van der Waals surface area contributed by atoms with E-state index >= 15 is 0 Å². The molecule has 1 aliphatic heterocycles. The van der Waals surface area contributed by atoms with Gasteiger partial charge in [-0.05, 0) is 36.2 Å². The molecule has 0 N–H and O–H groups in total. The van der Waals surface area contributed by atoms with Crippen molar-refractivity contribution in [2.24, 2.45) is 0 Å². The first-order valence-corrected chi connectivity index (χ1v) is 6.77. The topological polar surface area (TPSA) is 29.5 Å². The van der Waals surface area contributed by atoms with E-state index in [4.69, 9.17) is 4.74 Å². The molecule has 3 nitrogen and oxygen atoms in total. The lowest BCUT2D eigenvalue weighted by atomic mass is 10.1. The van der Waals surface area contributed by atoms with E-state index in [1.165, 1.54) is 11.3 Å². The minimum atomic E-state index is 0.688. The molecular formula is C17H17NO2.